The fourth-order valence-corrected chi connectivity index (χ4v) is 7.04. The van der Waals surface area contributed by atoms with E-state index in [1.165, 1.54) is 44.9 Å². The second-order valence-electron chi connectivity index (χ2n) is 12.2. The monoisotopic (exact) mass is 623 g/mol. The van der Waals surface area contributed by atoms with Crippen LogP contribution in [0.3, 0.4) is 0 Å². The lowest BCUT2D eigenvalue weighted by molar-refractivity contribution is -0.309. The van der Waals surface area contributed by atoms with Crippen LogP contribution in [0.25, 0.3) is 0 Å². The molecular weight excluding hydrogens is 566 g/mol. The van der Waals surface area contributed by atoms with Gasteiger partial charge in [-0.15, -0.1) is 0 Å². The fraction of sp³-hybridized carbons (Fsp3) is 1.00. The zero-order chi connectivity index (χ0) is 30.8. The molecule has 1 aliphatic carbocycles. The van der Waals surface area contributed by atoms with Gasteiger partial charge in [-0.05, 0) is 25.0 Å². The van der Waals surface area contributed by atoms with Crippen molar-refractivity contribution in [3.8, 4) is 0 Å². The Kier molecular flexibility index (Phi) is 15.6. The number of aliphatic hydroxyl groups excluding tert-OH is 4. The highest BCUT2D eigenvalue weighted by Gasteiger charge is 2.50. The third-order valence-electron chi connectivity index (χ3n) is 8.66. The number of unbranched alkanes of at least 4 members (excludes halogenated alkanes) is 7. The Labute approximate surface area is 254 Å². The molecule has 0 amide bonds. The van der Waals surface area contributed by atoms with Crippen LogP contribution in [0.15, 0.2) is 0 Å². The van der Waals surface area contributed by atoms with E-state index in [1.807, 2.05) is 0 Å². The van der Waals surface area contributed by atoms with Crippen molar-refractivity contribution in [2.45, 2.75) is 157 Å². The van der Waals surface area contributed by atoms with Crippen molar-refractivity contribution in [2.75, 3.05) is 18.1 Å². The summed E-state index contributed by atoms with van der Waals surface area (Å²) in [5.74, 6) is 1.42. The van der Waals surface area contributed by atoms with Crippen LogP contribution in [0.5, 0.6) is 0 Å². The molecule has 2 saturated heterocycles. The van der Waals surface area contributed by atoms with E-state index in [0.29, 0.717) is 5.75 Å². The van der Waals surface area contributed by atoms with Crippen LogP contribution in [0.2, 0.25) is 0 Å². The maximum atomic E-state index is 11.3. The zero-order valence-corrected chi connectivity index (χ0v) is 25.8. The van der Waals surface area contributed by atoms with Gasteiger partial charge in [0.25, 0.3) is 0 Å². The van der Waals surface area contributed by atoms with E-state index in [4.69, 9.17) is 47.6 Å². The van der Waals surface area contributed by atoms with Gasteiger partial charge in [-0.3, -0.25) is 0 Å². The van der Waals surface area contributed by atoms with Gasteiger partial charge in [0.2, 0.25) is 0 Å². The third kappa shape index (κ3) is 9.91. The molecule has 3 fully saturated rings. The van der Waals surface area contributed by atoms with Crippen molar-refractivity contribution in [1.82, 2.24) is 0 Å². The maximum Gasteiger partial charge on any atom is 0.186 e. The minimum absolute atomic E-state index is 0.0746. The van der Waals surface area contributed by atoms with Crippen molar-refractivity contribution >= 4 is 11.8 Å². The second kappa shape index (κ2) is 18.1. The quantitative estimate of drug-likeness (QED) is 0.0896. The summed E-state index contributed by atoms with van der Waals surface area (Å²) in [6.07, 6.45) is 0.351. The van der Waals surface area contributed by atoms with Crippen molar-refractivity contribution in [1.29, 1.82) is 0 Å². The lowest BCUT2D eigenvalue weighted by Gasteiger charge is -2.48. The first kappa shape index (κ1) is 36.3. The van der Waals surface area contributed by atoms with Gasteiger partial charge in [0, 0.05) is 24.4 Å². The molecule has 0 bridgehead atoms. The molecule has 0 aromatic heterocycles. The average molecular weight is 624 g/mol. The topological polar surface area (TPSA) is 248 Å². The molecule has 0 aromatic carbocycles. The molecule has 42 heavy (non-hydrogen) atoms. The molecule has 14 N–H and O–H groups in total. The molecule has 1 saturated carbocycles. The molecule has 3 aliphatic rings. The van der Waals surface area contributed by atoms with Gasteiger partial charge >= 0.3 is 0 Å². The van der Waals surface area contributed by atoms with Gasteiger partial charge in [-0.1, -0.05) is 51.9 Å². The maximum absolute atomic E-state index is 11.3. The predicted molar refractivity (Wildman–Crippen MR) is 161 cm³/mol. The van der Waals surface area contributed by atoms with Crippen LogP contribution in [0.1, 0.15) is 71.1 Å². The zero-order valence-electron chi connectivity index (χ0n) is 25.0. The normalized spacial score (nSPS) is 43.0. The first-order valence-corrected chi connectivity index (χ1v) is 16.9. The van der Waals surface area contributed by atoms with Crippen LogP contribution in [0.4, 0.5) is 0 Å². The molecule has 13 nitrogen and oxygen atoms in total. The molecule has 0 radical (unpaired) electrons. The van der Waals surface area contributed by atoms with Crippen LogP contribution >= 0.6 is 11.8 Å². The molecule has 0 spiro atoms. The number of nitrogens with two attached hydrogens (primary N) is 5. The number of thioether (sulfide) groups is 1. The summed E-state index contributed by atoms with van der Waals surface area (Å²) in [7, 11) is 0. The first-order chi connectivity index (χ1) is 20.1. The van der Waals surface area contributed by atoms with Crippen LogP contribution in [-0.2, 0) is 18.9 Å². The molecule has 0 unspecified atom stereocenters. The third-order valence-corrected chi connectivity index (χ3v) is 9.80. The highest BCUT2D eigenvalue weighted by Crippen LogP contribution is 2.31. The summed E-state index contributed by atoms with van der Waals surface area (Å²) in [5, 5.41) is 42.9. The van der Waals surface area contributed by atoms with Gasteiger partial charge in [-0.2, -0.15) is 11.8 Å². The minimum Gasteiger partial charge on any atom is -0.390 e. The van der Waals surface area contributed by atoms with Crippen molar-refractivity contribution in [2.24, 2.45) is 28.7 Å². The predicted octanol–water partition coefficient (Wildman–Crippen LogP) is -1.41. The van der Waals surface area contributed by atoms with Gasteiger partial charge in [0.15, 0.2) is 12.6 Å². The van der Waals surface area contributed by atoms with Crippen molar-refractivity contribution in [3.05, 3.63) is 0 Å². The van der Waals surface area contributed by atoms with Crippen LogP contribution < -0.4 is 28.7 Å². The Morgan fingerprint density at radius 2 is 1.26 bits per heavy atom. The summed E-state index contributed by atoms with van der Waals surface area (Å²) in [4.78, 5) is 0. The van der Waals surface area contributed by atoms with E-state index in [0.717, 1.165) is 12.2 Å². The van der Waals surface area contributed by atoms with E-state index in [-0.39, 0.29) is 19.4 Å². The fourth-order valence-electron chi connectivity index (χ4n) is 5.95. The summed E-state index contributed by atoms with van der Waals surface area (Å²) >= 11 is 1.67. The number of hydrogen-bond donors (Lipinski definition) is 9. The highest BCUT2D eigenvalue weighted by atomic mass is 32.2. The number of rotatable bonds is 16. The van der Waals surface area contributed by atoms with Gasteiger partial charge in [0.1, 0.15) is 24.4 Å². The molecule has 14 atom stereocenters. The number of ether oxygens (including phenoxy) is 4. The molecule has 2 heterocycles. The SMILES string of the molecule is CCCCCCCCCCSC[C@H]1O[C@H](O[C@@H]2[C@@H](O)[C@H](O[C@H]3O[C@H](CN)[C@@H](O)C[C@H]3N)[C@@H](N)C[C@H]2N)[C@H](O)[C@@H](N)[C@@H]1O. The van der Waals surface area contributed by atoms with E-state index in [2.05, 4.69) is 6.92 Å². The van der Waals surface area contributed by atoms with Crippen LogP contribution in [0, 0.1) is 0 Å². The standard InChI is InChI=1S/C28H57N5O8S/c1-2-3-4-5-6-7-8-9-10-42-14-20-22(35)21(33)23(36)28(39-20)41-26-16(31)11-15(30)25(24(26)37)40-27-17(32)12-18(34)19(13-29)38-27/h15-28,34-37H,2-14,29-33H2,1H3/t15-,16+,17+,18-,19+,20+,21-,22+,23+,24-,25+,26-,27+,28+/m0/s1. The Morgan fingerprint density at radius 1 is 0.690 bits per heavy atom. The Bertz CT molecular complexity index is 765. The Hall–Kier alpha value is -0.170. The first-order valence-electron chi connectivity index (χ1n) is 15.7. The molecular formula is C28H57N5O8S. The van der Waals surface area contributed by atoms with Gasteiger partial charge < -0.3 is 68.0 Å². The van der Waals surface area contributed by atoms with Crippen molar-refractivity contribution < 1.29 is 39.4 Å². The van der Waals surface area contributed by atoms with E-state index in [1.54, 1.807) is 11.8 Å². The lowest BCUT2D eigenvalue weighted by Crippen LogP contribution is -2.68. The number of hydrogen-bond acceptors (Lipinski definition) is 14. The molecule has 3 rings (SSSR count). The molecule has 248 valence electrons. The van der Waals surface area contributed by atoms with Gasteiger partial charge in [0.05, 0.1) is 36.5 Å². The van der Waals surface area contributed by atoms with Crippen LogP contribution in [-0.4, -0.2) is 124 Å². The summed E-state index contributed by atoms with van der Waals surface area (Å²) in [5.41, 5.74) is 30.6. The van der Waals surface area contributed by atoms with E-state index in [9.17, 15) is 20.4 Å². The van der Waals surface area contributed by atoms with E-state index >= 15 is 0 Å². The lowest BCUT2D eigenvalue weighted by atomic mass is 9.84. The summed E-state index contributed by atoms with van der Waals surface area (Å²) in [6.45, 7) is 2.29. The Morgan fingerprint density at radius 3 is 1.88 bits per heavy atom. The molecule has 0 aromatic rings. The smallest absolute Gasteiger partial charge is 0.186 e. The Balaban J connectivity index is 1.52. The number of aliphatic hydroxyl groups is 4. The van der Waals surface area contributed by atoms with Gasteiger partial charge in [-0.25, -0.2) is 0 Å². The minimum atomic E-state index is -1.34. The summed E-state index contributed by atoms with van der Waals surface area (Å²) < 4.78 is 23.8. The molecule has 14 heteroatoms. The average Bonchev–Trinajstić information content (AvgIpc) is 2.95. The molecule has 2 aliphatic heterocycles. The summed E-state index contributed by atoms with van der Waals surface area (Å²) in [6, 6.07) is -3.01. The van der Waals surface area contributed by atoms with Crippen molar-refractivity contribution in [3.63, 3.8) is 0 Å². The van der Waals surface area contributed by atoms with E-state index < -0.39 is 85.6 Å². The highest BCUT2D eigenvalue weighted by molar-refractivity contribution is 7.99. The largest absolute Gasteiger partial charge is 0.390 e. The second-order valence-corrected chi connectivity index (χ2v) is 13.3.